The summed E-state index contributed by atoms with van der Waals surface area (Å²) in [6.45, 7) is 2.53. The fraction of sp³-hybridized carbons (Fsp3) is 0.190. The molecule has 1 aliphatic rings. The fourth-order valence-electron chi connectivity index (χ4n) is 2.77. The molecule has 130 valence electrons. The molecule has 1 amide bonds. The van der Waals surface area contributed by atoms with Crippen LogP contribution in [0.5, 0.6) is 0 Å². The van der Waals surface area contributed by atoms with Crippen LogP contribution in [0.15, 0.2) is 65.3 Å². The average Bonchev–Trinajstić information content (AvgIpc) is 2.95. The lowest BCUT2D eigenvalue weighted by Gasteiger charge is -2.17. The Morgan fingerprint density at radius 1 is 1.15 bits per heavy atom. The van der Waals surface area contributed by atoms with Crippen LogP contribution in [0, 0.1) is 11.3 Å². The van der Waals surface area contributed by atoms with E-state index in [4.69, 9.17) is 5.26 Å². The van der Waals surface area contributed by atoms with E-state index in [1.54, 1.807) is 0 Å². The van der Waals surface area contributed by atoms with Crippen molar-refractivity contribution in [3.05, 3.63) is 65.7 Å². The highest BCUT2D eigenvalue weighted by molar-refractivity contribution is 6.32. The van der Waals surface area contributed by atoms with Gasteiger partial charge in [0, 0.05) is 19.3 Å². The Balaban J connectivity index is 1.79. The number of hydrazone groups is 1. The van der Waals surface area contributed by atoms with Gasteiger partial charge in [-0.25, -0.2) is 0 Å². The lowest BCUT2D eigenvalue weighted by Crippen LogP contribution is -2.21. The summed E-state index contributed by atoms with van der Waals surface area (Å²) in [7, 11) is 1.96. The van der Waals surface area contributed by atoms with Crippen LogP contribution in [0.25, 0.3) is 6.08 Å². The van der Waals surface area contributed by atoms with E-state index >= 15 is 0 Å². The Labute approximate surface area is 153 Å². The summed E-state index contributed by atoms with van der Waals surface area (Å²) in [5.74, 6) is -0.121. The molecule has 0 aromatic heterocycles. The van der Waals surface area contributed by atoms with E-state index in [1.165, 1.54) is 5.01 Å². The Kier molecular flexibility index (Phi) is 5.14. The topological polar surface area (TPSA) is 59.7 Å². The molecule has 0 unspecified atom stereocenters. The van der Waals surface area contributed by atoms with E-state index in [2.05, 4.69) is 11.2 Å². The van der Waals surface area contributed by atoms with Crippen molar-refractivity contribution < 1.29 is 4.79 Å². The maximum absolute atomic E-state index is 12.7. The molecule has 0 saturated carbocycles. The molecular formula is C21H20N4O. The fourth-order valence-corrected chi connectivity index (χ4v) is 2.77. The summed E-state index contributed by atoms with van der Waals surface area (Å²) in [6.07, 6.45) is 2.35. The van der Waals surface area contributed by atoms with Crippen molar-refractivity contribution in [3.63, 3.8) is 0 Å². The first-order chi connectivity index (χ1) is 12.6. The lowest BCUT2D eigenvalue weighted by molar-refractivity contribution is -0.114. The molecule has 5 heteroatoms. The van der Waals surface area contributed by atoms with Crippen molar-refractivity contribution in [3.8, 4) is 6.07 Å². The number of carbonyl (C=O) groups excluding carboxylic acids is 1. The largest absolute Gasteiger partial charge is 0.374 e. The number of rotatable bonds is 5. The van der Waals surface area contributed by atoms with E-state index in [-0.39, 0.29) is 5.91 Å². The van der Waals surface area contributed by atoms with Crippen LogP contribution in [-0.4, -0.2) is 25.2 Å². The van der Waals surface area contributed by atoms with E-state index in [0.29, 0.717) is 24.3 Å². The SMILES string of the molecule is CC1=NN(c2ccccc2)C(=O)C1=Cc1ccc(N(C)CCC#N)cc1. The van der Waals surface area contributed by atoms with E-state index in [1.807, 2.05) is 79.5 Å². The zero-order valence-corrected chi connectivity index (χ0v) is 14.9. The average molecular weight is 344 g/mol. The second-order valence-electron chi connectivity index (χ2n) is 6.12. The van der Waals surface area contributed by atoms with Crippen molar-refractivity contribution in [1.82, 2.24) is 0 Å². The molecule has 26 heavy (non-hydrogen) atoms. The normalized spacial score (nSPS) is 15.1. The third-order valence-electron chi connectivity index (χ3n) is 4.27. The summed E-state index contributed by atoms with van der Waals surface area (Å²) < 4.78 is 0. The molecule has 0 spiro atoms. The maximum Gasteiger partial charge on any atom is 0.280 e. The Morgan fingerprint density at radius 2 is 1.85 bits per heavy atom. The first-order valence-corrected chi connectivity index (χ1v) is 8.45. The smallest absolute Gasteiger partial charge is 0.280 e. The molecule has 2 aromatic carbocycles. The van der Waals surface area contributed by atoms with E-state index in [0.717, 1.165) is 16.9 Å². The summed E-state index contributed by atoms with van der Waals surface area (Å²) in [5.41, 5.74) is 4.04. The highest BCUT2D eigenvalue weighted by Crippen LogP contribution is 2.25. The van der Waals surface area contributed by atoms with Gasteiger partial charge in [-0.15, -0.1) is 0 Å². The standard InChI is InChI=1S/C21H20N4O/c1-16-20(21(26)25(23-16)19-7-4-3-5-8-19)15-17-9-11-18(12-10-17)24(2)14-6-13-22/h3-5,7-12,15H,6,14H2,1-2H3. The van der Waals surface area contributed by atoms with Crippen molar-refractivity contribution >= 4 is 29.1 Å². The van der Waals surface area contributed by atoms with Gasteiger partial charge in [0.25, 0.3) is 5.91 Å². The molecule has 2 aromatic rings. The van der Waals surface area contributed by atoms with Crippen LogP contribution >= 0.6 is 0 Å². The van der Waals surface area contributed by atoms with Crippen molar-refractivity contribution in [2.24, 2.45) is 5.10 Å². The van der Waals surface area contributed by atoms with Gasteiger partial charge in [-0.3, -0.25) is 4.79 Å². The second kappa shape index (κ2) is 7.66. The van der Waals surface area contributed by atoms with Gasteiger partial charge < -0.3 is 4.90 Å². The highest BCUT2D eigenvalue weighted by Gasteiger charge is 2.28. The first-order valence-electron chi connectivity index (χ1n) is 8.45. The third-order valence-corrected chi connectivity index (χ3v) is 4.27. The Morgan fingerprint density at radius 3 is 2.50 bits per heavy atom. The summed E-state index contributed by atoms with van der Waals surface area (Å²) in [6, 6.07) is 19.5. The second-order valence-corrected chi connectivity index (χ2v) is 6.12. The zero-order chi connectivity index (χ0) is 18.5. The number of amides is 1. The quantitative estimate of drug-likeness (QED) is 0.774. The van der Waals surface area contributed by atoms with Gasteiger partial charge in [0.1, 0.15) is 0 Å². The van der Waals surface area contributed by atoms with Gasteiger partial charge >= 0.3 is 0 Å². The number of nitriles is 1. The van der Waals surface area contributed by atoms with Gasteiger partial charge in [-0.05, 0) is 42.8 Å². The molecule has 5 nitrogen and oxygen atoms in total. The van der Waals surface area contributed by atoms with Gasteiger partial charge in [0.05, 0.1) is 29.5 Å². The predicted molar refractivity (Wildman–Crippen MR) is 105 cm³/mol. The minimum atomic E-state index is -0.121. The van der Waals surface area contributed by atoms with Crippen molar-refractivity contribution in [1.29, 1.82) is 5.26 Å². The number of para-hydroxylation sites is 1. The summed E-state index contributed by atoms with van der Waals surface area (Å²) >= 11 is 0. The van der Waals surface area contributed by atoms with Crippen LogP contribution in [0.3, 0.4) is 0 Å². The van der Waals surface area contributed by atoms with Crippen LogP contribution in [0.2, 0.25) is 0 Å². The number of carbonyl (C=O) groups is 1. The van der Waals surface area contributed by atoms with Crippen molar-refractivity contribution in [2.75, 3.05) is 23.5 Å². The lowest BCUT2D eigenvalue weighted by atomic mass is 10.1. The third kappa shape index (κ3) is 3.65. The van der Waals surface area contributed by atoms with Gasteiger partial charge in [0.15, 0.2) is 0 Å². The summed E-state index contributed by atoms with van der Waals surface area (Å²) in [4.78, 5) is 14.8. The maximum atomic E-state index is 12.7. The number of anilines is 2. The van der Waals surface area contributed by atoms with Crippen LogP contribution in [-0.2, 0) is 4.79 Å². The van der Waals surface area contributed by atoms with Crippen LogP contribution in [0.4, 0.5) is 11.4 Å². The molecule has 0 atom stereocenters. The van der Waals surface area contributed by atoms with Crippen LogP contribution in [0.1, 0.15) is 18.9 Å². The zero-order valence-electron chi connectivity index (χ0n) is 14.9. The van der Waals surface area contributed by atoms with Crippen LogP contribution < -0.4 is 9.91 Å². The molecule has 3 rings (SSSR count). The number of hydrogen-bond donors (Lipinski definition) is 0. The predicted octanol–water partition coefficient (Wildman–Crippen LogP) is 3.84. The molecule has 1 aliphatic heterocycles. The molecular weight excluding hydrogens is 324 g/mol. The molecule has 0 N–H and O–H groups in total. The number of nitrogens with zero attached hydrogens (tertiary/aromatic N) is 4. The number of benzene rings is 2. The van der Waals surface area contributed by atoms with E-state index < -0.39 is 0 Å². The summed E-state index contributed by atoms with van der Waals surface area (Å²) in [5, 5.41) is 14.5. The monoisotopic (exact) mass is 344 g/mol. The number of hydrogen-bond acceptors (Lipinski definition) is 4. The molecule has 1 heterocycles. The van der Waals surface area contributed by atoms with Crippen molar-refractivity contribution in [2.45, 2.75) is 13.3 Å². The first kappa shape index (κ1) is 17.4. The highest BCUT2D eigenvalue weighted by atomic mass is 16.2. The molecule has 0 saturated heterocycles. The van der Waals surface area contributed by atoms with Gasteiger partial charge in [-0.2, -0.15) is 15.4 Å². The van der Waals surface area contributed by atoms with Gasteiger partial charge in [0.2, 0.25) is 0 Å². The molecule has 0 fully saturated rings. The molecule has 0 aliphatic carbocycles. The Bertz CT molecular complexity index is 892. The van der Waals surface area contributed by atoms with E-state index in [9.17, 15) is 4.79 Å². The minimum absolute atomic E-state index is 0.121. The van der Waals surface area contributed by atoms with Gasteiger partial charge in [-0.1, -0.05) is 30.3 Å². The molecule has 0 radical (unpaired) electrons. The minimum Gasteiger partial charge on any atom is -0.374 e. The molecule has 0 bridgehead atoms. The Hall–Kier alpha value is -3.39.